The molecule has 0 unspecified atom stereocenters. The summed E-state index contributed by atoms with van der Waals surface area (Å²) < 4.78 is 12.1. The fourth-order valence-corrected chi connectivity index (χ4v) is 3.25. The molecule has 3 N–H and O–H groups in total. The van der Waals surface area contributed by atoms with Crippen molar-refractivity contribution in [3.05, 3.63) is 83.9 Å². The molecular formula is C23H19ClN4O3. The van der Waals surface area contributed by atoms with E-state index in [4.69, 9.17) is 26.8 Å². The molecule has 1 amide bonds. The molecule has 0 spiro atoms. The summed E-state index contributed by atoms with van der Waals surface area (Å²) in [6.07, 6.45) is -0.689. The molecule has 8 heteroatoms. The number of nitrogens with two attached hydrogens (primary N) is 1. The quantitative estimate of drug-likeness (QED) is 0.439. The van der Waals surface area contributed by atoms with Crippen LogP contribution in [0.5, 0.6) is 11.5 Å². The first-order chi connectivity index (χ1) is 15.1. The van der Waals surface area contributed by atoms with Crippen LogP contribution in [0.15, 0.2) is 78.9 Å². The molecule has 31 heavy (non-hydrogen) atoms. The number of hydrogen-bond donors (Lipinski definition) is 2. The van der Waals surface area contributed by atoms with Crippen LogP contribution in [0.2, 0.25) is 5.02 Å². The Kier molecular flexibility index (Phi) is 5.77. The third-order valence-corrected chi connectivity index (χ3v) is 4.87. The maximum absolute atomic E-state index is 12.6. The van der Waals surface area contributed by atoms with E-state index < -0.39 is 6.09 Å². The van der Waals surface area contributed by atoms with Gasteiger partial charge in [0.2, 0.25) is 0 Å². The number of methoxy groups -OCH3 is 1. The molecule has 156 valence electrons. The Morgan fingerprint density at radius 1 is 0.968 bits per heavy atom. The van der Waals surface area contributed by atoms with E-state index in [-0.39, 0.29) is 5.82 Å². The zero-order valence-corrected chi connectivity index (χ0v) is 17.3. The Hall–Kier alpha value is -3.97. The lowest BCUT2D eigenvalue weighted by molar-refractivity contribution is 0.215. The highest BCUT2D eigenvalue weighted by Crippen LogP contribution is 2.36. The second-order valence-corrected chi connectivity index (χ2v) is 6.94. The molecule has 4 rings (SSSR count). The smallest absolute Gasteiger partial charge is 0.417 e. The van der Waals surface area contributed by atoms with Crippen molar-refractivity contribution >= 4 is 29.2 Å². The topological polar surface area (TPSA) is 91.4 Å². The van der Waals surface area contributed by atoms with Crippen LogP contribution in [0, 0.1) is 0 Å². The van der Waals surface area contributed by atoms with E-state index in [0.29, 0.717) is 33.6 Å². The van der Waals surface area contributed by atoms with Gasteiger partial charge in [-0.2, -0.15) is 5.10 Å². The number of nitrogens with zero attached hydrogens (tertiary/aromatic N) is 2. The van der Waals surface area contributed by atoms with E-state index in [1.807, 2.05) is 30.3 Å². The summed E-state index contributed by atoms with van der Waals surface area (Å²) in [5, 5.41) is 7.81. The van der Waals surface area contributed by atoms with Crippen LogP contribution < -0.4 is 20.5 Å². The van der Waals surface area contributed by atoms with Gasteiger partial charge in [0, 0.05) is 5.56 Å². The standard InChI is InChI=1S/C23H19ClN4O3/c1-30-16-13-11-15(12-14-16)20-21(26-23(29)31-17-7-3-2-4-8-17)22(25)28(27-20)19-10-6-5-9-18(19)24/h2-14H,25H2,1H3,(H,26,29). The average Bonchev–Trinajstić information content (AvgIpc) is 3.10. The summed E-state index contributed by atoms with van der Waals surface area (Å²) >= 11 is 6.35. The number of nitrogens with one attached hydrogen (secondary N) is 1. The average molecular weight is 435 g/mol. The number of anilines is 2. The van der Waals surface area contributed by atoms with E-state index in [9.17, 15) is 4.79 Å². The number of para-hydroxylation sites is 2. The molecule has 0 saturated carbocycles. The Morgan fingerprint density at radius 2 is 1.65 bits per heavy atom. The second kappa shape index (κ2) is 8.81. The molecule has 0 aliphatic rings. The molecule has 0 aliphatic heterocycles. The molecule has 1 aromatic heterocycles. The number of rotatable bonds is 5. The zero-order valence-electron chi connectivity index (χ0n) is 16.6. The Labute approximate surface area is 184 Å². The summed E-state index contributed by atoms with van der Waals surface area (Å²) in [6, 6.07) is 23.1. The Morgan fingerprint density at radius 3 is 2.32 bits per heavy atom. The van der Waals surface area contributed by atoms with Crippen LogP contribution >= 0.6 is 11.6 Å². The molecule has 7 nitrogen and oxygen atoms in total. The fourth-order valence-electron chi connectivity index (χ4n) is 3.04. The monoisotopic (exact) mass is 434 g/mol. The molecule has 0 saturated heterocycles. The van der Waals surface area contributed by atoms with Crippen molar-refractivity contribution < 1.29 is 14.3 Å². The molecule has 0 radical (unpaired) electrons. The van der Waals surface area contributed by atoms with Gasteiger partial charge >= 0.3 is 6.09 Å². The predicted octanol–water partition coefficient (Wildman–Crippen LogP) is 5.39. The Balaban J connectivity index is 1.75. The van der Waals surface area contributed by atoms with Gasteiger partial charge in [0.1, 0.15) is 22.9 Å². The van der Waals surface area contributed by atoms with E-state index in [1.54, 1.807) is 55.6 Å². The highest BCUT2D eigenvalue weighted by molar-refractivity contribution is 6.32. The van der Waals surface area contributed by atoms with Crippen molar-refractivity contribution in [1.29, 1.82) is 0 Å². The minimum atomic E-state index is -0.689. The van der Waals surface area contributed by atoms with Gasteiger partial charge in [-0.25, -0.2) is 9.48 Å². The second-order valence-electron chi connectivity index (χ2n) is 6.53. The number of hydrogen-bond acceptors (Lipinski definition) is 5. The molecule has 0 atom stereocenters. The van der Waals surface area contributed by atoms with Gasteiger partial charge in [-0.15, -0.1) is 0 Å². The molecule has 3 aromatic carbocycles. The number of halogens is 1. The third-order valence-electron chi connectivity index (χ3n) is 4.55. The number of aromatic nitrogens is 2. The van der Waals surface area contributed by atoms with Gasteiger partial charge in [0.15, 0.2) is 5.82 Å². The van der Waals surface area contributed by atoms with Crippen molar-refractivity contribution in [2.45, 2.75) is 0 Å². The minimum absolute atomic E-state index is 0.212. The lowest BCUT2D eigenvalue weighted by Crippen LogP contribution is -2.18. The summed E-state index contributed by atoms with van der Waals surface area (Å²) in [7, 11) is 1.59. The van der Waals surface area contributed by atoms with Crippen molar-refractivity contribution in [1.82, 2.24) is 9.78 Å². The Bertz CT molecular complexity index is 1210. The lowest BCUT2D eigenvalue weighted by Gasteiger charge is -2.09. The number of amides is 1. The SMILES string of the molecule is COc1ccc(-c2nn(-c3ccccc3Cl)c(N)c2NC(=O)Oc2ccccc2)cc1. The molecule has 0 fully saturated rings. The van der Waals surface area contributed by atoms with E-state index in [2.05, 4.69) is 10.4 Å². The first-order valence-corrected chi connectivity index (χ1v) is 9.76. The first-order valence-electron chi connectivity index (χ1n) is 9.38. The van der Waals surface area contributed by atoms with E-state index in [1.165, 1.54) is 4.68 Å². The van der Waals surface area contributed by atoms with Crippen molar-refractivity contribution in [2.24, 2.45) is 0 Å². The van der Waals surface area contributed by atoms with Gasteiger partial charge in [-0.05, 0) is 48.5 Å². The minimum Gasteiger partial charge on any atom is -0.497 e. The highest BCUT2D eigenvalue weighted by Gasteiger charge is 2.22. The number of carbonyl (C=O) groups excluding carboxylic acids is 1. The van der Waals surface area contributed by atoms with Crippen LogP contribution in [0.25, 0.3) is 16.9 Å². The van der Waals surface area contributed by atoms with Gasteiger partial charge < -0.3 is 15.2 Å². The maximum Gasteiger partial charge on any atom is 0.417 e. The van der Waals surface area contributed by atoms with Crippen molar-refractivity contribution in [3.8, 4) is 28.4 Å². The molecule has 1 heterocycles. The largest absolute Gasteiger partial charge is 0.497 e. The number of nitrogen functional groups attached to an aromatic ring is 1. The summed E-state index contributed by atoms with van der Waals surface area (Å²) in [6.45, 7) is 0. The predicted molar refractivity (Wildman–Crippen MR) is 121 cm³/mol. The van der Waals surface area contributed by atoms with Gasteiger partial charge in [0.25, 0.3) is 0 Å². The van der Waals surface area contributed by atoms with Crippen molar-refractivity contribution in [3.63, 3.8) is 0 Å². The van der Waals surface area contributed by atoms with E-state index >= 15 is 0 Å². The van der Waals surface area contributed by atoms with Crippen LogP contribution in [0.1, 0.15) is 0 Å². The zero-order chi connectivity index (χ0) is 21.8. The van der Waals surface area contributed by atoms with Crippen LogP contribution in [-0.4, -0.2) is 23.0 Å². The number of ether oxygens (including phenoxy) is 2. The van der Waals surface area contributed by atoms with Crippen LogP contribution in [0.4, 0.5) is 16.3 Å². The maximum atomic E-state index is 12.6. The number of benzene rings is 3. The summed E-state index contributed by atoms with van der Waals surface area (Å²) in [4.78, 5) is 12.6. The van der Waals surface area contributed by atoms with Gasteiger partial charge in [-0.1, -0.05) is 41.9 Å². The molecule has 0 aliphatic carbocycles. The van der Waals surface area contributed by atoms with Gasteiger partial charge in [0.05, 0.1) is 17.8 Å². The normalized spacial score (nSPS) is 10.5. The first kappa shape index (κ1) is 20.3. The highest BCUT2D eigenvalue weighted by atomic mass is 35.5. The summed E-state index contributed by atoms with van der Waals surface area (Å²) in [5.74, 6) is 1.31. The number of carbonyl (C=O) groups is 1. The van der Waals surface area contributed by atoms with Crippen molar-refractivity contribution in [2.75, 3.05) is 18.2 Å². The molecule has 0 bridgehead atoms. The fraction of sp³-hybridized carbons (Fsp3) is 0.0435. The summed E-state index contributed by atoms with van der Waals surface area (Å²) in [5.41, 5.74) is 8.48. The lowest BCUT2D eigenvalue weighted by atomic mass is 10.1. The molecular weight excluding hydrogens is 416 g/mol. The van der Waals surface area contributed by atoms with Crippen LogP contribution in [-0.2, 0) is 0 Å². The van der Waals surface area contributed by atoms with Crippen LogP contribution in [0.3, 0.4) is 0 Å². The van der Waals surface area contributed by atoms with Gasteiger partial charge in [-0.3, -0.25) is 5.32 Å². The van der Waals surface area contributed by atoms with E-state index in [0.717, 1.165) is 5.56 Å². The molecule has 4 aromatic rings. The third kappa shape index (κ3) is 4.31.